The van der Waals surface area contributed by atoms with Gasteiger partial charge in [0.15, 0.2) is 11.5 Å². The number of likely N-dealkylation sites (tertiary alicyclic amines) is 1. The van der Waals surface area contributed by atoms with E-state index in [2.05, 4.69) is 5.32 Å². The zero-order valence-corrected chi connectivity index (χ0v) is 18.8. The summed E-state index contributed by atoms with van der Waals surface area (Å²) in [5, 5.41) is 2.90. The highest BCUT2D eigenvalue weighted by atomic mass is 16.6. The lowest BCUT2D eigenvalue weighted by atomic mass is 10.0. The fourth-order valence-corrected chi connectivity index (χ4v) is 4.28. The number of methoxy groups -OCH3 is 3. The Hall–Kier alpha value is -3.75. The number of carbonyl (C=O) groups excluding carboxylic acids is 3. The molecule has 33 heavy (non-hydrogen) atoms. The molecule has 0 saturated carbocycles. The number of ether oxygens (including phenoxy) is 4. The maximum Gasteiger partial charge on any atom is 0.344 e. The summed E-state index contributed by atoms with van der Waals surface area (Å²) >= 11 is 0. The molecule has 0 bridgehead atoms. The van der Waals surface area contributed by atoms with Crippen molar-refractivity contribution in [2.75, 3.05) is 27.9 Å². The number of nitrogens with zero attached hydrogens (tertiary/aromatic N) is 1. The van der Waals surface area contributed by atoms with Crippen LogP contribution in [0.1, 0.15) is 40.6 Å². The van der Waals surface area contributed by atoms with E-state index in [0.717, 1.165) is 11.3 Å². The first-order valence-corrected chi connectivity index (χ1v) is 10.7. The minimum Gasteiger partial charge on any atom is -0.497 e. The maximum atomic E-state index is 13.0. The molecule has 4 rings (SSSR count). The largest absolute Gasteiger partial charge is 0.497 e. The fourth-order valence-electron chi connectivity index (χ4n) is 4.28. The third-order valence-electron chi connectivity index (χ3n) is 5.95. The molecule has 1 unspecified atom stereocenters. The van der Waals surface area contributed by atoms with Crippen LogP contribution in [-0.2, 0) is 20.7 Å². The van der Waals surface area contributed by atoms with Gasteiger partial charge in [0.2, 0.25) is 18.0 Å². The van der Waals surface area contributed by atoms with Crippen molar-refractivity contribution < 1.29 is 33.3 Å². The lowest BCUT2D eigenvalue weighted by Gasteiger charge is -2.29. The SMILES string of the molecule is COc1ccc(CCNC(=O)[C@@H]2CCC(=O)N2C2OC(=O)c3c2ccc(OC)c3OC)cc1. The number of esters is 1. The average molecular weight is 454 g/mol. The predicted octanol–water partition coefficient (Wildman–Crippen LogP) is 2.23. The van der Waals surface area contributed by atoms with E-state index in [1.54, 1.807) is 19.2 Å². The highest BCUT2D eigenvalue weighted by Crippen LogP contribution is 2.45. The Morgan fingerprint density at radius 2 is 1.82 bits per heavy atom. The van der Waals surface area contributed by atoms with Crippen LogP contribution in [0.5, 0.6) is 17.2 Å². The van der Waals surface area contributed by atoms with E-state index in [9.17, 15) is 14.4 Å². The van der Waals surface area contributed by atoms with Gasteiger partial charge >= 0.3 is 5.97 Å². The van der Waals surface area contributed by atoms with Gasteiger partial charge < -0.3 is 24.3 Å². The molecule has 1 N–H and O–H groups in total. The molecule has 2 aromatic rings. The van der Waals surface area contributed by atoms with Gasteiger partial charge in [-0.15, -0.1) is 0 Å². The van der Waals surface area contributed by atoms with E-state index in [0.29, 0.717) is 30.7 Å². The lowest BCUT2D eigenvalue weighted by Crippen LogP contribution is -2.46. The van der Waals surface area contributed by atoms with Crippen molar-refractivity contribution in [3.63, 3.8) is 0 Å². The fraction of sp³-hybridized carbons (Fsp3) is 0.375. The molecule has 0 aliphatic carbocycles. The molecule has 2 atom stereocenters. The van der Waals surface area contributed by atoms with Crippen molar-refractivity contribution in [2.24, 2.45) is 0 Å². The minimum atomic E-state index is -0.986. The Morgan fingerprint density at radius 3 is 2.48 bits per heavy atom. The minimum absolute atomic E-state index is 0.202. The molecule has 174 valence electrons. The number of cyclic esters (lactones) is 1. The molecule has 0 radical (unpaired) electrons. The third-order valence-corrected chi connectivity index (χ3v) is 5.95. The standard InChI is InChI=1S/C24H26N2O7/c1-30-15-6-4-14(5-7-15)12-13-25-22(28)17-9-11-19(27)26(17)23-16-8-10-18(31-2)21(32-3)20(16)24(29)33-23/h4-8,10,17,23H,9,11-13H2,1-3H3,(H,25,28)/t17-,23?/m0/s1. The Morgan fingerprint density at radius 1 is 1.06 bits per heavy atom. The second-order valence-corrected chi connectivity index (χ2v) is 7.77. The number of benzene rings is 2. The zero-order chi connectivity index (χ0) is 23.5. The lowest BCUT2D eigenvalue weighted by molar-refractivity contribution is -0.145. The highest BCUT2D eigenvalue weighted by molar-refractivity contribution is 5.99. The Labute approximate surface area is 191 Å². The summed E-state index contributed by atoms with van der Waals surface area (Å²) in [5.74, 6) is 0.252. The van der Waals surface area contributed by atoms with Crippen LogP contribution >= 0.6 is 0 Å². The van der Waals surface area contributed by atoms with Crippen LogP contribution < -0.4 is 19.5 Å². The van der Waals surface area contributed by atoms with E-state index >= 15 is 0 Å². The summed E-state index contributed by atoms with van der Waals surface area (Å²) < 4.78 is 21.3. The summed E-state index contributed by atoms with van der Waals surface area (Å²) in [5.41, 5.74) is 1.74. The van der Waals surface area contributed by atoms with Crippen molar-refractivity contribution >= 4 is 17.8 Å². The molecule has 1 saturated heterocycles. The second kappa shape index (κ2) is 9.40. The second-order valence-electron chi connectivity index (χ2n) is 7.77. The van der Waals surface area contributed by atoms with E-state index in [1.807, 2.05) is 24.3 Å². The van der Waals surface area contributed by atoms with Gasteiger partial charge in [-0.25, -0.2) is 4.79 Å². The van der Waals surface area contributed by atoms with Crippen molar-refractivity contribution in [3.8, 4) is 17.2 Å². The van der Waals surface area contributed by atoms with Crippen LogP contribution in [0.2, 0.25) is 0 Å². The molecular formula is C24H26N2O7. The average Bonchev–Trinajstić information content (AvgIpc) is 3.38. The van der Waals surface area contributed by atoms with Gasteiger partial charge in [0.05, 0.1) is 21.3 Å². The molecule has 0 aromatic heterocycles. The number of fused-ring (bicyclic) bond motifs is 1. The summed E-state index contributed by atoms with van der Waals surface area (Å²) in [6.07, 6.45) is 0.200. The van der Waals surface area contributed by atoms with Gasteiger partial charge in [0.1, 0.15) is 17.4 Å². The molecule has 0 spiro atoms. The quantitative estimate of drug-likeness (QED) is 0.610. The summed E-state index contributed by atoms with van der Waals surface area (Å²) in [6.45, 7) is 0.412. The molecule has 2 aromatic carbocycles. The molecule has 9 heteroatoms. The molecule has 1 fully saturated rings. The number of carbonyl (C=O) groups is 3. The summed E-state index contributed by atoms with van der Waals surface area (Å²) in [7, 11) is 4.51. The summed E-state index contributed by atoms with van der Waals surface area (Å²) in [6, 6.07) is 10.2. The van der Waals surface area contributed by atoms with Crippen molar-refractivity contribution in [2.45, 2.75) is 31.5 Å². The van der Waals surface area contributed by atoms with Crippen molar-refractivity contribution in [1.82, 2.24) is 10.2 Å². The summed E-state index contributed by atoms with van der Waals surface area (Å²) in [4.78, 5) is 39.7. The van der Waals surface area contributed by atoms with E-state index in [-0.39, 0.29) is 29.5 Å². The molecular weight excluding hydrogens is 428 g/mol. The van der Waals surface area contributed by atoms with Gasteiger partial charge in [-0.05, 0) is 42.7 Å². The van der Waals surface area contributed by atoms with Gasteiger partial charge in [0, 0.05) is 18.5 Å². The van der Waals surface area contributed by atoms with E-state index in [4.69, 9.17) is 18.9 Å². The first-order valence-electron chi connectivity index (χ1n) is 10.7. The van der Waals surface area contributed by atoms with Gasteiger partial charge in [-0.1, -0.05) is 12.1 Å². The van der Waals surface area contributed by atoms with Crippen LogP contribution in [0.4, 0.5) is 0 Å². The number of amides is 2. The Bertz CT molecular complexity index is 1070. The van der Waals surface area contributed by atoms with Gasteiger partial charge in [0.25, 0.3) is 0 Å². The molecule has 2 heterocycles. The highest BCUT2D eigenvalue weighted by Gasteiger charge is 2.47. The predicted molar refractivity (Wildman–Crippen MR) is 117 cm³/mol. The topological polar surface area (TPSA) is 103 Å². The zero-order valence-electron chi connectivity index (χ0n) is 18.8. The van der Waals surface area contributed by atoms with E-state index < -0.39 is 18.2 Å². The number of hydrogen-bond donors (Lipinski definition) is 1. The molecule has 2 aliphatic heterocycles. The monoisotopic (exact) mass is 454 g/mol. The van der Waals surface area contributed by atoms with Crippen molar-refractivity contribution in [3.05, 3.63) is 53.1 Å². The van der Waals surface area contributed by atoms with Crippen molar-refractivity contribution in [1.29, 1.82) is 0 Å². The van der Waals surface area contributed by atoms with Crippen LogP contribution in [0.3, 0.4) is 0 Å². The smallest absolute Gasteiger partial charge is 0.344 e. The first-order chi connectivity index (χ1) is 16.0. The van der Waals surface area contributed by atoms with Crippen LogP contribution in [0.25, 0.3) is 0 Å². The molecule has 9 nitrogen and oxygen atoms in total. The first kappa shape index (κ1) is 22.4. The van der Waals surface area contributed by atoms with Gasteiger partial charge in [-0.3, -0.25) is 14.5 Å². The molecule has 2 aliphatic rings. The third kappa shape index (κ3) is 4.18. The molecule has 2 amide bonds. The maximum absolute atomic E-state index is 13.0. The number of nitrogens with one attached hydrogen (secondary N) is 1. The normalized spacial score (nSPS) is 19.2. The number of rotatable bonds is 8. The van der Waals surface area contributed by atoms with Crippen LogP contribution in [0.15, 0.2) is 36.4 Å². The number of hydrogen-bond acceptors (Lipinski definition) is 7. The van der Waals surface area contributed by atoms with E-state index in [1.165, 1.54) is 19.1 Å². The Balaban J connectivity index is 1.48. The van der Waals surface area contributed by atoms with Gasteiger partial charge in [-0.2, -0.15) is 0 Å². The Kier molecular flexibility index (Phi) is 6.39. The van der Waals surface area contributed by atoms with Crippen LogP contribution in [0, 0.1) is 0 Å². The van der Waals surface area contributed by atoms with Crippen LogP contribution in [-0.4, -0.2) is 56.6 Å².